The lowest BCUT2D eigenvalue weighted by molar-refractivity contribution is -0.119. The second-order valence-electron chi connectivity index (χ2n) is 7.42. The van der Waals surface area contributed by atoms with Crippen molar-refractivity contribution in [3.8, 4) is 0 Å². The summed E-state index contributed by atoms with van der Waals surface area (Å²) in [6.07, 6.45) is 0. The Morgan fingerprint density at radius 2 is 1.64 bits per heavy atom. The van der Waals surface area contributed by atoms with E-state index in [9.17, 15) is 9.59 Å². The topological polar surface area (TPSA) is 61.4 Å². The number of anilines is 2. The number of aryl methyl sites for hydroxylation is 2. The number of hydrogen-bond donors (Lipinski definition) is 2. The van der Waals surface area contributed by atoms with Gasteiger partial charge in [-0.05, 0) is 61.7 Å². The predicted molar refractivity (Wildman–Crippen MR) is 119 cm³/mol. The summed E-state index contributed by atoms with van der Waals surface area (Å²) in [5.41, 5.74) is 4.76. The van der Waals surface area contributed by atoms with E-state index < -0.39 is 0 Å². The van der Waals surface area contributed by atoms with E-state index in [1.165, 1.54) is 0 Å². The predicted octanol–water partition coefficient (Wildman–Crippen LogP) is 4.70. The molecule has 0 aliphatic heterocycles. The molecule has 0 aromatic heterocycles. The molecule has 6 heteroatoms. The summed E-state index contributed by atoms with van der Waals surface area (Å²) < 4.78 is 0.966. The first-order valence-corrected chi connectivity index (χ1v) is 10.1. The van der Waals surface area contributed by atoms with Crippen LogP contribution in [0.5, 0.6) is 0 Å². The number of hydrogen-bond acceptors (Lipinski definition) is 3. The SMILES string of the molecule is Cc1cc(Br)ccc1NC(=O)CN(C)CC(=O)Nc1c(C)cccc1C(C)C. The molecule has 2 rings (SSSR count). The number of carbonyl (C=O) groups excluding carboxylic acids is 2. The fourth-order valence-electron chi connectivity index (χ4n) is 3.02. The van der Waals surface area contributed by atoms with Crippen LogP contribution in [-0.2, 0) is 9.59 Å². The van der Waals surface area contributed by atoms with Crippen molar-refractivity contribution in [3.63, 3.8) is 0 Å². The molecule has 0 heterocycles. The molecule has 0 unspecified atom stereocenters. The average molecular weight is 446 g/mol. The molecular formula is C22H28BrN3O2. The minimum atomic E-state index is -0.153. The van der Waals surface area contributed by atoms with Crippen LogP contribution in [0.2, 0.25) is 0 Å². The van der Waals surface area contributed by atoms with Gasteiger partial charge in [0.1, 0.15) is 0 Å². The molecule has 5 nitrogen and oxygen atoms in total. The van der Waals surface area contributed by atoms with E-state index in [0.717, 1.165) is 32.5 Å². The monoisotopic (exact) mass is 445 g/mol. The first kappa shape index (κ1) is 22.1. The van der Waals surface area contributed by atoms with Crippen molar-refractivity contribution < 1.29 is 9.59 Å². The van der Waals surface area contributed by atoms with Crippen molar-refractivity contribution in [2.24, 2.45) is 0 Å². The molecular weight excluding hydrogens is 418 g/mol. The standard InChI is InChI=1S/C22H28BrN3O2/c1-14(2)18-8-6-7-15(3)22(18)25-21(28)13-26(5)12-20(27)24-19-10-9-17(23)11-16(19)4/h6-11,14H,12-13H2,1-5H3,(H,24,27)(H,25,28). The van der Waals surface area contributed by atoms with Crippen LogP contribution in [0, 0.1) is 13.8 Å². The molecule has 2 N–H and O–H groups in total. The smallest absolute Gasteiger partial charge is 0.238 e. The number of para-hydroxylation sites is 1. The molecule has 0 bridgehead atoms. The number of nitrogens with one attached hydrogen (secondary N) is 2. The Hall–Kier alpha value is -2.18. The minimum absolute atomic E-state index is 0.133. The van der Waals surface area contributed by atoms with E-state index in [4.69, 9.17) is 0 Å². The summed E-state index contributed by atoms with van der Waals surface area (Å²) in [4.78, 5) is 26.5. The third-order valence-corrected chi connectivity index (χ3v) is 4.97. The van der Waals surface area contributed by atoms with Crippen LogP contribution < -0.4 is 10.6 Å². The second kappa shape index (κ2) is 9.85. The molecule has 0 saturated carbocycles. The molecule has 0 atom stereocenters. The first-order valence-electron chi connectivity index (χ1n) is 9.31. The van der Waals surface area contributed by atoms with E-state index in [0.29, 0.717) is 5.92 Å². The van der Waals surface area contributed by atoms with Gasteiger partial charge in [0.15, 0.2) is 0 Å². The third-order valence-electron chi connectivity index (χ3n) is 4.48. The van der Waals surface area contributed by atoms with Crippen LogP contribution in [0.4, 0.5) is 11.4 Å². The van der Waals surface area contributed by atoms with Crippen LogP contribution >= 0.6 is 15.9 Å². The Bertz CT molecular complexity index is 865. The lowest BCUT2D eigenvalue weighted by Gasteiger charge is -2.19. The van der Waals surface area contributed by atoms with Gasteiger partial charge in [-0.3, -0.25) is 14.5 Å². The van der Waals surface area contributed by atoms with E-state index >= 15 is 0 Å². The van der Waals surface area contributed by atoms with Gasteiger partial charge in [0, 0.05) is 15.8 Å². The fourth-order valence-corrected chi connectivity index (χ4v) is 3.50. The molecule has 2 amide bonds. The molecule has 2 aromatic rings. The number of carbonyl (C=O) groups is 2. The van der Waals surface area contributed by atoms with E-state index in [1.807, 2.05) is 50.2 Å². The molecule has 2 aromatic carbocycles. The summed E-state index contributed by atoms with van der Waals surface area (Å²) in [7, 11) is 1.76. The maximum Gasteiger partial charge on any atom is 0.238 e. The largest absolute Gasteiger partial charge is 0.325 e. The van der Waals surface area contributed by atoms with Crippen LogP contribution in [0.15, 0.2) is 40.9 Å². The number of rotatable bonds is 7. The molecule has 150 valence electrons. The first-order chi connectivity index (χ1) is 13.2. The van der Waals surface area contributed by atoms with Crippen molar-refractivity contribution in [3.05, 3.63) is 57.6 Å². The minimum Gasteiger partial charge on any atom is -0.325 e. The molecule has 0 fully saturated rings. The summed E-state index contributed by atoms with van der Waals surface area (Å²) >= 11 is 3.41. The highest BCUT2D eigenvalue weighted by Crippen LogP contribution is 2.27. The van der Waals surface area contributed by atoms with Crippen LogP contribution in [0.25, 0.3) is 0 Å². The zero-order chi connectivity index (χ0) is 20.8. The molecule has 0 radical (unpaired) electrons. The van der Waals surface area contributed by atoms with Gasteiger partial charge in [0.25, 0.3) is 0 Å². The highest BCUT2D eigenvalue weighted by molar-refractivity contribution is 9.10. The normalized spacial score (nSPS) is 11.0. The Morgan fingerprint density at radius 1 is 1.00 bits per heavy atom. The van der Waals surface area contributed by atoms with Gasteiger partial charge in [-0.1, -0.05) is 48.0 Å². The summed E-state index contributed by atoms with van der Waals surface area (Å²) in [5, 5.41) is 5.90. The highest BCUT2D eigenvalue weighted by Gasteiger charge is 2.15. The summed E-state index contributed by atoms with van der Waals surface area (Å²) in [6, 6.07) is 11.7. The fraction of sp³-hybridized carbons (Fsp3) is 0.364. The van der Waals surface area contributed by atoms with Gasteiger partial charge in [0.2, 0.25) is 11.8 Å². The van der Waals surface area contributed by atoms with Crippen LogP contribution in [-0.4, -0.2) is 36.9 Å². The Morgan fingerprint density at radius 3 is 2.25 bits per heavy atom. The number of amides is 2. The maximum atomic E-state index is 12.5. The molecule has 28 heavy (non-hydrogen) atoms. The second-order valence-corrected chi connectivity index (χ2v) is 8.34. The number of likely N-dealkylation sites (N-methyl/N-ethyl adjacent to an activating group) is 1. The van der Waals surface area contributed by atoms with Crippen molar-refractivity contribution in [2.45, 2.75) is 33.6 Å². The van der Waals surface area contributed by atoms with E-state index in [1.54, 1.807) is 11.9 Å². The van der Waals surface area contributed by atoms with Crippen molar-refractivity contribution >= 4 is 39.1 Å². The molecule has 0 aliphatic carbocycles. The van der Waals surface area contributed by atoms with Gasteiger partial charge in [-0.2, -0.15) is 0 Å². The number of nitrogens with zero attached hydrogens (tertiary/aromatic N) is 1. The molecule has 0 aliphatic rings. The van der Waals surface area contributed by atoms with Crippen LogP contribution in [0.3, 0.4) is 0 Å². The van der Waals surface area contributed by atoms with E-state index in [2.05, 4.69) is 40.4 Å². The molecule has 0 saturated heterocycles. The van der Waals surface area contributed by atoms with E-state index in [-0.39, 0.29) is 24.9 Å². The molecule has 0 spiro atoms. The lowest BCUT2D eigenvalue weighted by Crippen LogP contribution is -2.36. The number of benzene rings is 2. The maximum absolute atomic E-state index is 12.5. The third kappa shape index (κ3) is 6.17. The van der Waals surface area contributed by atoms with Gasteiger partial charge in [-0.25, -0.2) is 0 Å². The van der Waals surface area contributed by atoms with Crippen molar-refractivity contribution in [2.75, 3.05) is 30.8 Å². The zero-order valence-electron chi connectivity index (χ0n) is 17.1. The van der Waals surface area contributed by atoms with Gasteiger partial charge >= 0.3 is 0 Å². The average Bonchev–Trinajstić information content (AvgIpc) is 2.58. The van der Waals surface area contributed by atoms with Gasteiger partial charge < -0.3 is 10.6 Å². The zero-order valence-corrected chi connectivity index (χ0v) is 18.7. The Kier molecular flexibility index (Phi) is 7.78. The Labute approximate surface area is 175 Å². The van der Waals surface area contributed by atoms with Crippen molar-refractivity contribution in [1.82, 2.24) is 4.90 Å². The number of halogens is 1. The quantitative estimate of drug-likeness (QED) is 0.648. The summed E-state index contributed by atoms with van der Waals surface area (Å²) in [5.74, 6) is 0.0265. The lowest BCUT2D eigenvalue weighted by atomic mass is 9.98. The summed E-state index contributed by atoms with van der Waals surface area (Å²) in [6.45, 7) is 8.40. The van der Waals surface area contributed by atoms with Gasteiger partial charge in [-0.15, -0.1) is 0 Å². The van der Waals surface area contributed by atoms with Crippen molar-refractivity contribution in [1.29, 1.82) is 0 Å². The Balaban J connectivity index is 1.93. The van der Waals surface area contributed by atoms with Gasteiger partial charge in [0.05, 0.1) is 13.1 Å². The van der Waals surface area contributed by atoms with Crippen LogP contribution in [0.1, 0.15) is 36.5 Å². The highest BCUT2D eigenvalue weighted by atomic mass is 79.9.